The Labute approximate surface area is 202 Å². The number of aryl methyl sites for hydroxylation is 1. The molecule has 0 spiro atoms. The van der Waals surface area contributed by atoms with Crippen LogP contribution in [0.4, 0.5) is 5.82 Å². The number of nitrogens with two attached hydrogens (primary N) is 1. The average Bonchev–Trinajstić information content (AvgIpc) is 3.14. The first kappa shape index (κ1) is 23.4. The van der Waals surface area contributed by atoms with Crippen LogP contribution in [-0.2, 0) is 6.54 Å². The Bertz CT molecular complexity index is 1260. The molecular weight excluding hydrogens is 456 g/mol. The molecule has 172 valence electrons. The van der Waals surface area contributed by atoms with Crippen molar-refractivity contribution in [3.8, 4) is 16.9 Å². The highest BCUT2D eigenvalue weighted by molar-refractivity contribution is 7.99. The molecule has 4 rings (SSSR count). The van der Waals surface area contributed by atoms with E-state index < -0.39 is 0 Å². The number of methoxy groups -OCH3 is 1. The first-order chi connectivity index (χ1) is 15.9. The van der Waals surface area contributed by atoms with Crippen LogP contribution in [0.3, 0.4) is 0 Å². The largest absolute Gasteiger partial charge is 0.497 e. The molecule has 0 aliphatic carbocycles. The molecule has 0 bridgehead atoms. The minimum Gasteiger partial charge on any atom is -0.497 e. The summed E-state index contributed by atoms with van der Waals surface area (Å²) in [5.41, 5.74) is 9.49. The molecule has 0 fully saturated rings. The van der Waals surface area contributed by atoms with Crippen LogP contribution < -0.4 is 15.8 Å². The van der Waals surface area contributed by atoms with Gasteiger partial charge >= 0.3 is 0 Å². The Morgan fingerprint density at radius 1 is 1.15 bits per heavy atom. The third-order valence-electron chi connectivity index (χ3n) is 5.12. The summed E-state index contributed by atoms with van der Waals surface area (Å²) in [6, 6.07) is 14.4. The number of anilines is 1. The maximum absolute atomic E-state index is 6.49. The third-order valence-corrected chi connectivity index (χ3v) is 6.30. The fourth-order valence-corrected chi connectivity index (χ4v) is 4.84. The van der Waals surface area contributed by atoms with E-state index in [-0.39, 0.29) is 0 Å². The highest BCUT2D eigenvalue weighted by atomic mass is 35.5. The van der Waals surface area contributed by atoms with Gasteiger partial charge in [-0.1, -0.05) is 49.3 Å². The van der Waals surface area contributed by atoms with Crippen LogP contribution in [0.2, 0.25) is 5.02 Å². The van der Waals surface area contributed by atoms with Crippen molar-refractivity contribution in [2.45, 2.75) is 42.9 Å². The number of hydrogen-bond donors (Lipinski definition) is 2. The van der Waals surface area contributed by atoms with Crippen LogP contribution in [0.15, 0.2) is 58.8 Å². The maximum Gasteiger partial charge on any atom is 0.175 e. The standard InChI is InChI=1S/C24H27ClN6OS/c1-15(2)27-8-5-9-31-23-21(22(26)28-14-29-23)30-24(31)33-20-12-17(10-18(25)13-20)16-6-4-7-19(11-16)32-3/h4,6-7,10-15,27H,5,8-9H2,1-3H3,(H2,26,28,29). The molecule has 3 N–H and O–H groups in total. The normalized spacial score (nSPS) is 11.4. The van der Waals surface area contributed by atoms with Gasteiger partial charge in [0.1, 0.15) is 12.1 Å². The molecule has 0 unspecified atom stereocenters. The predicted molar refractivity (Wildman–Crippen MR) is 135 cm³/mol. The first-order valence-electron chi connectivity index (χ1n) is 10.8. The van der Waals surface area contributed by atoms with Gasteiger partial charge in [0.05, 0.1) is 7.11 Å². The number of rotatable bonds is 9. The second-order valence-electron chi connectivity index (χ2n) is 7.95. The van der Waals surface area contributed by atoms with E-state index in [1.165, 1.54) is 18.1 Å². The minimum absolute atomic E-state index is 0.379. The third kappa shape index (κ3) is 5.58. The molecule has 0 aliphatic rings. The number of halogens is 1. The van der Waals surface area contributed by atoms with Crippen molar-refractivity contribution in [3.05, 3.63) is 53.8 Å². The van der Waals surface area contributed by atoms with Gasteiger partial charge in [0.15, 0.2) is 22.1 Å². The zero-order valence-corrected chi connectivity index (χ0v) is 20.5. The van der Waals surface area contributed by atoms with Crippen molar-refractivity contribution in [2.24, 2.45) is 0 Å². The van der Waals surface area contributed by atoms with E-state index in [1.54, 1.807) is 7.11 Å². The second-order valence-corrected chi connectivity index (χ2v) is 9.43. The van der Waals surface area contributed by atoms with Crippen LogP contribution in [0.25, 0.3) is 22.3 Å². The molecule has 2 aromatic carbocycles. The number of aromatic nitrogens is 4. The maximum atomic E-state index is 6.49. The molecule has 33 heavy (non-hydrogen) atoms. The van der Waals surface area contributed by atoms with Crippen molar-refractivity contribution in [3.63, 3.8) is 0 Å². The number of ether oxygens (including phenoxy) is 1. The lowest BCUT2D eigenvalue weighted by molar-refractivity contribution is 0.415. The van der Waals surface area contributed by atoms with Gasteiger partial charge in [-0.3, -0.25) is 0 Å². The molecule has 0 saturated carbocycles. The number of benzene rings is 2. The summed E-state index contributed by atoms with van der Waals surface area (Å²) < 4.78 is 7.48. The van der Waals surface area contributed by atoms with E-state index in [9.17, 15) is 0 Å². The first-order valence-corrected chi connectivity index (χ1v) is 12.0. The predicted octanol–water partition coefficient (Wildman–Crippen LogP) is 5.28. The van der Waals surface area contributed by atoms with Crippen molar-refractivity contribution in [1.29, 1.82) is 0 Å². The summed E-state index contributed by atoms with van der Waals surface area (Å²) in [6.07, 6.45) is 2.42. The Hall–Kier alpha value is -2.81. The van der Waals surface area contributed by atoms with E-state index in [0.717, 1.165) is 52.1 Å². The molecule has 0 radical (unpaired) electrons. The Kier molecular flexibility index (Phi) is 7.37. The number of fused-ring (bicyclic) bond motifs is 1. The van der Waals surface area contributed by atoms with Crippen LogP contribution in [0.1, 0.15) is 20.3 Å². The highest BCUT2D eigenvalue weighted by Gasteiger charge is 2.16. The van der Waals surface area contributed by atoms with Crippen LogP contribution in [0, 0.1) is 0 Å². The number of hydrogen-bond acceptors (Lipinski definition) is 7. The van der Waals surface area contributed by atoms with Crippen LogP contribution in [-0.4, -0.2) is 39.2 Å². The molecule has 4 aromatic rings. The van der Waals surface area contributed by atoms with Crippen molar-refractivity contribution < 1.29 is 4.74 Å². The quantitative estimate of drug-likeness (QED) is 0.314. The number of imidazole rings is 1. The summed E-state index contributed by atoms with van der Waals surface area (Å²) in [4.78, 5) is 14.3. The monoisotopic (exact) mass is 482 g/mol. The van der Waals surface area contributed by atoms with E-state index in [4.69, 9.17) is 27.1 Å². The van der Waals surface area contributed by atoms with Gasteiger partial charge in [-0.05, 0) is 54.4 Å². The summed E-state index contributed by atoms with van der Waals surface area (Å²) in [5.74, 6) is 1.18. The van der Waals surface area contributed by atoms with Gasteiger partial charge in [-0.2, -0.15) is 0 Å². The van der Waals surface area contributed by atoms with Gasteiger partial charge < -0.3 is 20.4 Å². The lowest BCUT2D eigenvalue weighted by Gasteiger charge is -2.11. The highest BCUT2D eigenvalue weighted by Crippen LogP contribution is 2.36. The second kappa shape index (κ2) is 10.4. The summed E-state index contributed by atoms with van der Waals surface area (Å²) in [7, 11) is 1.66. The minimum atomic E-state index is 0.379. The topological polar surface area (TPSA) is 90.9 Å². The summed E-state index contributed by atoms with van der Waals surface area (Å²) >= 11 is 8.03. The molecule has 0 saturated heterocycles. The summed E-state index contributed by atoms with van der Waals surface area (Å²) in [6.45, 7) is 5.94. The fourth-order valence-electron chi connectivity index (χ4n) is 3.54. The van der Waals surface area contributed by atoms with Gasteiger partial charge in [-0.15, -0.1) is 0 Å². The molecule has 0 amide bonds. The smallest absolute Gasteiger partial charge is 0.175 e. The zero-order chi connectivity index (χ0) is 23.4. The van der Waals surface area contributed by atoms with Crippen LogP contribution >= 0.6 is 23.4 Å². The van der Waals surface area contributed by atoms with E-state index >= 15 is 0 Å². The number of nitrogens with one attached hydrogen (secondary N) is 1. The van der Waals surface area contributed by atoms with Crippen LogP contribution in [0.5, 0.6) is 5.75 Å². The molecule has 2 aromatic heterocycles. The Morgan fingerprint density at radius 2 is 2.00 bits per heavy atom. The van der Waals surface area contributed by atoms with Crippen molar-refractivity contribution in [2.75, 3.05) is 19.4 Å². The lowest BCUT2D eigenvalue weighted by atomic mass is 10.1. The van der Waals surface area contributed by atoms with Gasteiger partial charge in [0, 0.05) is 22.5 Å². The fraction of sp³-hybridized carbons (Fsp3) is 0.292. The van der Waals surface area contributed by atoms with Gasteiger partial charge in [0.25, 0.3) is 0 Å². The number of nitrogens with zero attached hydrogens (tertiary/aromatic N) is 4. The lowest BCUT2D eigenvalue weighted by Crippen LogP contribution is -2.24. The van der Waals surface area contributed by atoms with E-state index in [0.29, 0.717) is 22.4 Å². The zero-order valence-electron chi connectivity index (χ0n) is 18.9. The number of nitrogen functional groups attached to an aromatic ring is 1. The molecular formula is C24H27ClN6OS. The van der Waals surface area contributed by atoms with Crippen molar-refractivity contribution >= 4 is 40.3 Å². The Morgan fingerprint density at radius 3 is 2.79 bits per heavy atom. The van der Waals surface area contributed by atoms with Gasteiger partial charge in [0.2, 0.25) is 0 Å². The molecule has 2 heterocycles. The van der Waals surface area contributed by atoms with E-state index in [2.05, 4.69) is 39.8 Å². The summed E-state index contributed by atoms with van der Waals surface area (Å²) in [5, 5.41) is 4.91. The van der Waals surface area contributed by atoms with Crippen molar-refractivity contribution in [1.82, 2.24) is 24.8 Å². The van der Waals surface area contributed by atoms with Gasteiger partial charge in [-0.25, -0.2) is 15.0 Å². The molecule has 7 nitrogen and oxygen atoms in total. The molecule has 0 aliphatic heterocycles. The molecule has 9 heteroatoms. The SMILES string of the molecule is COc1cccc(-c2cc(Cl)cc(Sc3nc4c(N)ncnc4n3CCCNC(C)C)c2)c1. The Balaban J connectivity index is 1.67. The average molecular weight is 483 g/mol. The van der Waals surface area contributed by atoms with E-state index in [1.807, 2.05) is 36.4 Å². The molecule has 0 atom stereocenters.